The third-order valence-electron chi connectivity index (χ3n) is 6.05. The van der Waals surface area contributed by atoms with Gasteiger partial charge in [-0.3, -0.25) is 14.3 Å². The van der Waals surface area contributed by atoms with Crippen molar-refractivity contribution in [2.24, 2.45) is 0 Å². The predicted octanol–water partition coefficient (Wildman–Crippen LogP) is 2.28. The summed E-state index contributed by atoms with van der Waals surface area (Å²) < 4.78 is 12.9. The monoisotopic (exact) mass is 511 g/mol. The first kappa shape index (κ1) is 24.3. The van der Waals surface area contributed by atoms with E-state index in [1.54, 1.807) is 28.5 Å². The van der Waals surface area contributed by atoms with Gasteiger partial charge < -0.3 is 25.0 Å². The summed E-state index contributed by atoms with van der Waals surface area (Å²) in [5.41, 5.74) is 1.58. The van der Waals surface area contributed by atoms with E-state index in [-0.39, 0.29) is 17.3 Å². The molecule has 3 aromatic rings. The Labute approximate surface area is 212 Å². The molecule has 2 amide bonds. The van der Waals surface area contributed by atoms with Crippen molar-refractivity contribution in [1.29, 1.82) is 0 Å². The number of fused-ring (bicyclic) bond motifs is 6. The second-order valence-electron chi connectivity index (χ2n) is 8.65. The van der Waals surface area contributed by atoms with Crippen molar-refractivity contribution < 1.29 is 19.1 Å². The molecule has 0 unspecified atom stereocenters. The van der Waals surface area contributed by atoms with Gasteiger partial charge in [0.25, 0.3) is 11.8 Å². The molecule has 12 heteroatoms. The van der Waals surface area contributed by atoms with Crippen LogP contribution >= 0.6 is 11.3 Å². The van der Waals surface area contributed by atoms with E-state index in [1.165, 1.54) is 30.6 Å². The highest BCUT2D eigenvalue weighted by Gasteiger charge is 2.21. The van der Waals surface area contributed by atoms with Crippen LogP contribution in [-0.4, -0.2) is 82.5 Å². The molecule has 5 rings (SSSR count). The minimum atomic E-state index is -0.405. The highest BCUT2D eigenvalue weighted by molar-refractivity contribution is 7.13. The van der Waals surface area contributed by atoms with Gasteiger partial charge in [0.15, 0.2) is 5.69 Å². The zero-order valence-electron chi connectivity index (χ0n) is 19.9. The number of aromatic nitrogens is 4. The van der Waals surface area contributed by atoms with Crippen LogP contribution in [-0.2, 0) is 11.3 Å². The van der Waals surface area contributed by atoms with Gasteiger partial charge in [-0.05, 0) is 32.0 Å². The highest BCUT2D eigenvalue weighted by Crippen LogP contribution is 2.26. The molecule has 0 atom stereocenters. The number of anilines is 1. The van der Waals surface area contributed by atoms with Gasteiger partial charge in [0.2, 0.25) is 5.88 Å². The Morgan fingerprint density at radius 2 is 1.94 bits per heavy atom. The number of ether oxygens (including phenoxy) is 2. The van der Waals surface area contributed by atoms with E-state index in [2.05, 4.69) is 30.6 Å². The van der Waals surface area contributed by atoms with Crippen LogP contribution in [0.2, 0.25) is 0 Å². The van der Waals surface area contributed by atoms with Crippen molar-refractivity contribution in [2.45, 2.75) is 25.8 Å². The molecule has 0 spiro atoms. The topological polar surface area (TPSA) is 124 Å². The van der Waals surface area contributed by atoms with Gasteiger partial charge in [-0.15, -0.1) is 11.3 Å². The maximum atomic E-state index is 13.0. The number of hydrogen-bond acceptors (Lipinski definition) is 9. The molecular weight excluding hydrogens is 482 g/mol. The maximum absolute atomic E-state index is 13.0. The predicted molar refractivity (Wildman–Crippen MR) is 134 cm³/mol. The maximum Gasteiger partial charge on any atom is 0.275 e. The second-order valence-corrected chi connectivity index (χ2v) is 9.51. The minimum absolute atomic E-state index is 0.167. The number of carbonyl (C=O) groups excluding carboxylic acids is 2. The fourth-order valence-corrected chi connectivity index (χ4v) is 4.97. The van der Waals surface area contributed by atoms with E-state index in [4.69, 9.17) is 9.47 Å². The first-order valence-electron chi connectivity index (χ1n) is 12.2. The number of piperidine rings is 1. The van der Waals surface area contributed by atoms with Crippen molar-refractivity contribution in [3.05, 3.63) is 41.3 Å². The van der Waals surface area contributed by atoms with Crippen molar-refractivity contribution >= 4 is 28.8 Å². The lowest BCUT2D eigenvalue weighted by atomic mass is 10.1. The number of nitrogens with one attached hydrogen (secondary N) is 2. The first-order valence-corrected chi connectivity index (χ1v) is 13.1. The number of carbonyl (C=O) groups is 2. The zero-order chi connectivity index (χ0) is 24.7. The molecule has 4 bridgehead atoms. The van der Waals surface area contributed by atoms with Crippen molar-refractivity contribution in [1.82, 2.24) is 30.0 Å². The smallest absolute Gasteiger partial charge is 0.275 e. The van der Waals surface area contributed by atoms with E-state index in [0.29, 0.717) is 49.5 Å². The molecule has 2 aliphatic heterocycles. The van der Waals surface area contributed by atoms with Crippen LogP contribution in [0, 0.1) is 0 Å². The Bertz CT molecular complexity index is 1200. The number of nitrogens with zero attached hydrogens (tertiary/aromatic N) is 5. The van der Waals surface area contributed by atoms with E-state index < -0.39 is 5.91 Å². The van der Waals surface area contributed by atoms with Gasteiger partial charge in [0.1, 0.15) is 17.3 Å². The highest BCUT2D eigenvalue weighted by atomic mass is 32.1. The summed E-state index contributed by atoms with van der Waals surface area (Å²) in [6.07, 6.45) is 7.05. The van der Waals surface area contributed by atoms with Crippen LogP contribution in [0.25, 0.3) is 10.6 Å². The molecule has 1 fully saturated rings. The van der Waals surface area contributed by atoms with Crippen LogP contribution in [0.15, 0.2) is 29.9 Å². The average Bonchev–Trinajstić information content (AvgIpc) is 3.55. The SMILES string of the molecule is O=C1Nc2cn(CCN3CCCCC3)nc2C(=O)NCCOCCOc2cc(ccn2)-c2nc1cs2. The van der Waals surface area contributed by atoms with Gasteiger partial charge >= 0.3 is 0 Å². The fraction of sp³-hybridized carbons (Fsp3) is 0.458. The largest absolute Gasteiger partial charge is 0.475 e. The van der Waals surface area contributed by atoms with Gasteiger partial charge in [-0.2, -0.15) is 5.10 Å². The Hall–Kier alpha value is -3.35. The molecule has 5 heterocycles. The van der Waals surface area contributed by atoms with Crippen LogP contribution in [0.1, 0.15) is 40.2 Å². The van der Waals surface area contributed by atoms with Crippen LogP contribution in [0.5, 0.6) is 5.88 Å². The summed E-state index contributed by atoms with van der Waals surface area (Å²) >= 11 is 1.35. The summed E-state index contributed by atoms with van der Waals surface area (Å²) in [4.78, 5) is 37.1. The number of amides is 2. The van der Waals surface area contributed by atoms with E-state index in [1.807, 2.05) is 6.07 Å². The third-order valence-corrected chi connectivity index (χ3v) is 6.94. The second kappa shape index (κ2) is 11.6. The molecule has 2 N–H and O–H groups in total. The number of rotatable bonds is 3. The lowest BCUT2D eigenvalue weighted by molar-refractivity contribution is 0.0858. The normalized spacial score (nSPS) is 17.8. The number of pyridine rings is 1. The van der Waals surface area contributed by atoms with Crippen molar-refractivity contribution in [3.8, 4) is 16.5 Å². The quantitative estimate of drug-likeness (QED) is 0.549. The molecule has 1 saturated heterocycles. The van der Waals surface area contributed by atoms with E-state index in [0.717, 1.165) is 25.2 Å². The summed E-state index contributed by atoms with van der Waals surface area (Å²) in [7, 11) is 0. The third kappa shape index (κ3) is 6.07. The Kier molecular flexibility index (Phi) is 7.84. The average molecular weight is 512 g/mol. The van der Waals surface area contributed by atoms with Crippen LogP contribution in [0.4, 0.5) is 5.69 Å². The van der Waals surface area contributed by atoms with E-state index in [9.17, 15) is 9.59 Å². The van der Waals surface area contributed by atoms with Crippen LogP contribution in [0.3, 0.4) is 0 Å². The van der Waals surface area contributed by atoms with Gasteiger partial charge in [-0.25, -0.2) is 9.97 Å². The Balaban J connectivity index is 1.37. The summed E-state index contributed by atoms with van der Waals surface area (Å²) in [5, 5.41) is 12.5. The van der Waals surface area contributed by atoms with Gasteiger partial charge in [0, 0.05) is 42.5 Å². The molecule has 0 radical (unpaired) electrons. The van der Waals surface area contributed by atoms with Crippen molar-refractivity contribution in [3.63, 3.8) is 0 Å². The van der Waals surface area contributed by atoms with Crippen LogP contribution < -0.4 is 15.4 Å². The summed E-state index contributed by atoms with van der Waals surface area (Å²) in [5.74, 6) is -0.327. The summed E-state index contributed by atoms with van der Waals surface area (Å²) in [6, 6.07) is 3.60. The van der Waals surface area contributed by atoms with Gasteiger partial charge in [-0.1, -0.05) is 6.42 Å². The number of hydrogen-bond donors (Lipinski definition) is 2. The molecule has 2 aliphatic rings. The Morgan fingerprint density at radius 1 is 1.06 bits per heavy atom. The number of thiazole rings is 1. The molecule has 3 aromatic heterocycles. The molecule has 0 aromatic carbocycles. The fourth-order valence-electron chi connectivity index (χ4n) is 4.17. The van der Waals surface area contributed by atoms with E-state index >= 15 is 0 Å². The lowest BCUT2D eigenvalue weighted by Crippen LogP contribution is -2.32. The summed E-state index contributed by atoms with van der Waals surface area (Å²) in [6.45, 7) is 4.93. The number of likely N-dealkylation sites (tertiary alicyclic amines) is 1. The zero-order valence-corrected chi connectivity index (χ0v) is 20.8. The minimum Gasteiger partial charge on any atom is -0.475 e. The van der Waals surface area contributed by atoms with Crippen molar-refractivity contribution in [2.75, 3.05) is 51.3 Å². The lowest BCUT2D eigenvalue weighted by Gasteiger charge is -2.26. The standard InChI is InChI=1S/C24H29N7O4S/c32-22-19-16-36-24(28-19)17-4-5-25-20(14-17)35-13-12-34-11-6-26-23(33)21-18(27-22)15-31(29-21)10-9-30-7-2-1-3-8-30/h4-5,14-16H,1-3,6-13H2,(H,26,33)(H,27,32). The molecular formula is C24H29N7O4S. The molecule has 0 aliphatic carbocycles. The molecule has 11 nitrogen and oxygen atoms in total. The Morgan fingerprint density at radius 3 is 2.83 bits per heavy atom. The molecule has 0 saturated carbocycles. The van der Waals surface area contributed by atoms with Gasteiger partial charge in [0.05, 0.1) is 25.4 Å². The molecule has 36 heavy (non-hydrogen) atoms. The molecule has 190 valence electrons. The first-order chi connectivity index (χ1) is 17.7.